The minimum absolute atomic E-state index is 0.307. The van der Waals surface area contributed by atoms with E-state index >= 15 is 0 Å². The van der Waals surface area contributed by atoms with Gasteiger partial charge in [-0.1, -0.05) is 18.2 Å². The number of nitrogens with zero attached hydrogens (tertiary/aromatic N) is 1. The van der Waals surface area contributed by atoms with Gasteiger partial charge in [-0.2, -0.15) is 0 Å². The molecular weight excluding hydrogens is 268 g/mol. The number of hydrogen-bond donors (Lipinski definition) is 1. The lowest BCUT2D eigenvalue weighted by molar-refractivity contribution is 0.386. The molecule has 0 unspecified atom stereocenters. The number of H-pyrrole nitrogens is 1. The van der Waals surface area contributed by atoms with Gasteiger partial charge in [0.05, 0.1) is 5.75 Å². The SMILES string of the molecule is Cc1cccc(C)c1OCSCc1n[nH]c(=S)o1. The Labute approximate surface area is 115 Å². The molecule has 1 N–H and O–H groups in total. The van der Waals surface area contributed by atoms with E-state index in [0.29, 0.717) is 22.4 Å². The highest BCUT2D eigenvalue weighted by molar-refractivity contribution is 7.98. The molecular formula is C12H14N2O2S2. The van der Waals surface area contributed by atoms with Gasteiger partial charge >= 0.3 is 0 Å². The first-order chi connectivity index (χ1) is 8.66. The summed E-state index contributed by atoms with van der Waals surface area (Å²) >= 11 is 6.38. The molecule has 0 saturated carbocycles. The van der Waals surface area contributed by atoms with E-state index in [1.165, 1.54) is 0 Å². The molecule has 0 bridgehead atoms. The van der Waals surface area contributed by atoms with Crippen molar-refractivity contribution in [1.29, 1.82) is 0 Å². The van der Waals surface area contributed by atoms with Crippen molar-refractivity contribution in [2.75, 3.05) is 5.94 Å². The van der Waals surface area contributed by atoms with Crippen LogP contribution in [0.4, 0.5) is 0 Å². The maximum absolute atomic E-state index is 5.75. The monoisotopic (exact) mass is 282 g/mol. The van der Waals surface area contributed by atoms with Crippen LogP contribution in [0.15, 0.2) is 22.6 Å². The molecule has 2 aromatic rings. The smallest absolute Gasteiger partial charge is 0.284 e. The van der Waals surface area contributed by atoms with E-state index < -0.39 is 0 Å². The van der Waals surface area contributed by atoms with Gasteiger partial charge in [-0.15, -0.1) is 16.9 Å². The van der Waals surface area contributed by atoms with Gasteiger partial charge in [-0.05, 0) is 37.2 Å². The molecule has 0 aliphatic rings. The molecule has 0 saturated heterocycles. The Hall–Kier alpha value is -1.27. The van der Waals surface area contributed by atoms with Crippen LogP contribution in [-0.2, 0) is 5.75 Å². The Morgan fingerprint density at radius 2 is 2.11 bits per heavy atom. The van der Waals surface area contributed by atoms with E-state index in [9.17, 15) is 0 Å². The van der Waals surface area contributed by atoms with Gasteiger partial charge in [0.2, 0.25) is 5.89 Å². The minimum Gasteiger partial charge on any atom is -0.482 e. The number of aromatic nitrogens is 2. The molecule has 0 atom stereocenters. The van der Waals surface area contributed by atoms with E-state index in [-0.39, 0.29) is 0 Å². The first kappa shape index (κ1) is 13.2. The summed E-state index contributed by atoms with van der Waals surface area (Å²) in [6, 6.07) is 6.11. The topological polar surface area (TPSA) is 51.0 Å². The van der Waals surface area contributed by atoms with Crippen LogP contribution in [0.1, 0.15) is 17.0 Å². The lowest BCUT2D eigenvalue weighted by Gasteiger charge is -2.10. The molecule has 4 nitrogen and oxygen atoms in total. The second-order valence-electron chi connectivity index (χ2n) is 3.84. The molecule has 0 aliphatic carbocycles. The number of aryl methyl sites for hydroxylation is 2. The normalized spacial score (nSPS) is 10.6. The zero-order valence-corrected chi connectivity index (χ0v) is 11.9. The highest BCUT2D eigenvalue weighted by atomic mass is 32.2. The summed E-state index contributed by atoms with van der Waals surface area (Å²) in [5.41, 5.74) is 2.29. The van der Waals surface area contributed by atoms with Crippen LogP contribution in [-0.4, -0.2) is 16.1 Å². The fourth-order valence-electron chi connectivity index (χ4n) is 1.58. The van der Waals surface area contributed by atoms with Crippen molar-refractivity contribution >= 4 is 24.0 Å². The predicted molar refractivity (Wildman–Crippen MR) is 74.4 cm³/mol. The summed E-state index contributed by atoms with van der Waals surface area (Å²) in [6.45, 7) is 4.08. The number of rotatable bonds is 5. The van der Waals surface area contributed by atoms with Crippen LogP contribution in [0.2, 0.25) is 0 Å². The molecule has 0 radical (unpaired) electrons. The Morgan fingerprint density at radius 3 is 2.72 bits per heavy atom. The van der Waals surface area contributed by atoms with Crippen molar-refractivity contribution in [3.63, 3.8) is 0 Å². The van der Waals surface area contributed by atoms with Crippen LogP contribution in [0.5, 0.6) is 5.75 Å². The summed E-state index contributed by atoms with van der Waals surface area (Å²) in [5, 5.41) is 6.51. The summed E-state index contributed by atoms with van der Waals surface area (Å²) in [7, 11) is 0. The quantitative estimate of drug-likeness (QED) is 0.515. The molecule has 6 heteroatoms. The van der Waals surface area contributed by atoms with Gasteiger partial charge in [-0.25, -0.2) is 5.10 Å². The average molecular weight is 282 g/mol. The zero-order valence-electron chi connectivity index (χ0n) is 10.2. The number of nitrogens with one attached hydrogen (secondary N) is 1. The van der Waals surface area contributed by atoms with Crippen molar-refractivity contribution in [1.82, 2.24) is 10.2 Å². The second kappa shape index (κ2) is 6.06. The zero-order chi connectivity index (χ0) is 13.0. The maximum Gasteiger partial charge on any atom is 0.284 e. The van der Waals surface area contributed by atoms with E-state index in [4.69, 9.17) is 21.4 Å². The third-order valence-electron chi connectivity index (χ3n) is 2.40. The van der Waals surface area contributed by atoms with E-state index in [0.717, 1.165) is 16.9 Å². The second-order valence-corrected chi connectivity index (χ2v) is 5.14. The van der Waals surface area contributed by atoms with Crippen molar-refractivity contribution < 1.29 is 9.15 Å². The summed E-state index contributed by atoms with van der Waals surface area (Å²) in [5.74, 6) is 2.74. The van der Waals surface area contributed by atoms with Gasteiger partial charge in [-0.3, -0.25) is 0 Å². The van der Waals surface area contributed by atoms with Crippen LogP contribution < -0.4 is 4.74 Å². The van der Waals surface area contributed by atoms with Gasteiger partial charge in [0.1, 0.15) is 11.7 Å². The van der Waals surface area contributed by atoms with Crippen molar-refractivity contribution in [2.45, 2.75) is 19.6 Å². The van der Waals surface area contributed by atoms with Crippen molar-refractivity contribution in [2.24, 2.45) is 0 Å². The highest BCUT2D eigenvalue weighted by Crippen LogP contribution is 2.23. The van der Waals surface area contributed by atoms with E-state index in [1.54, 1.807) is 11.8 Å². The molecule has 0 fully saturated rings. The average Bonchev–Trinajstić information content (AvgIpc) is 2.73. The molecule has 0 aliphatic heterocycles. The third-order valence-corrected chi connectivity index (χ3v) is 3.31. The van der Waals surface area contributed by atoms with Gasteiger partial charge in [0.15, 0.2) is 0 Å². The molecule has 1 aromatic carbocycles. The Morgan fingerprint density at radius 1 is 1.39 bits per heavy atom. The maximum atomic E-state index is 5.75. The fourth-order valence-corrected chi connectivity index (χ4v) is 2.30. The first-order valence-corrected chi connectivity index (χ1v) is 7.04. The minimum atomic E-state index is 0.307. The van der Waals surface area contributed by atoms with Gasteiger partial charge in [0, 0.05) is 0 Å². The summed E-state index contributed by atoms with van der Waals surface area (Å²) < 4.78 is 10.9. The lowest BCUT2D eigenvalue weighted by Crippen LogP contribution is -1.97. The summed E-state index contributed by atoms with van der Waals surface area (Å²) in [6.07, 6.45) is 0. The van der Waals surface area contributed by atoms with Gasteiger partial charge in [0.25, 0.3) is 4.84 Å². The van der Waals surface area contributed by atoms with Crippen LogP contribution in [0.25, 0.3) is 0 Å². The number of aromatic amines is 1. The first-order valence-electron chi connectivity index (χ1n) is 5.48. The fraction of sp³-hybridized carbons (Fsp3) is 0.333. The highest BCUT2D eigenvalue weighted by Gasteiger charge is 2.04. The molecule has 2 rings (SSSR count). The number of ether oxygens (including phenoxy) is 1. The number of para-hydroxylation sites is 1. The van der Waals surface area contributed by atoms with Crippen LogP contribution in [0, 0.1) is 18.7 Å². The van der Waals surface area contributed by atoms with E-state index in [1.807, 2.05) is 32.0 Å². The number of benzene rings is 1. The summed E-state index contributed by atoms with van der Waals surface area (Å²) in [4.78, 5) is 0.307. The Kier molecular flexibility index (Phi) is 4.43. The standard InChI is InChI=1S/C12H14N2O2S2/c1-8-4-3-5-9(2)11(8)15-7-18-6-10-13-14-12(17)16-10/h3-5H,6-7H2,1-2H3,(H,14,17). The molecule has 1 aromatic heterocycles. The van der Waals surface area contributed by atoms with Crippen molar-refractivity contribution in [3.05, 3.63) is 40.1 Å². The molecule has 0 spiro atoms. The third kappa shape index (κ3) is 3.36. The van der Waals surface area contributed by atoms with Crippen molar-refractivity contribution in [3.8, 4) is 5.75 Å². The molecule has 96 valence electrons. The predicted octanol–water partition coefficient (Wildman–Crippen LogP) is 3.62. The Bertz CT molecular complexity index is 557. The van der Waals surface area contributed by atoms with Crippen LogP contribution >= 0.6 is 24.0 Å². The number of hydrogen-bond acceptors (Lipinski definition) is 5. The van der Waals surface area contributed by atoms with Gasteiger partial charge < -0.3 is 9.15 Å². The molecule has 18 heavy (non-hydrogen) atoms. The largest absolute Gasteiger partial charge is 0.482 e. The number of thioether (sulfide) groups is 1. The lowest BCUT2D eigenvalue weighted by atomic mass is 10.1. The molecule has 1 heterocycles. The van der Waals surface area contributed by atoms with Crippen LogP contribution in [0.3, 0.4) is 0 Å². The molecule has 0 amide bonds. The van der Waals surface area contributed by atoms with E-state index in [2.05, 4.69) is 10.2 Å². The Balaban J connectivity index is 1.84.